The maximum Gasteiger partial charge on any atom is 0.212 e. The molecule has 0 spiro atoms. The minimum atomic E-state index is -1.59. The standard InChI is InChI=1S/C15H18N4O4S/c1-8-2-4-9(5-3-8)10-7-24-15-17-16-14(19(15)18-10)13(23)12(22)11(21)6-20/h2-5,11-13,20-23H,6-7H2,1H3/t11-,12-,13-/m1/s1. The van der Waals surface area contributed by atoms with Crippen molar-refractivity contribution in [3.63, 3.8) is 0 Å². The first kappa shape index (κ1) is 17.1. The number of benzene rings is 1. The van der Waals surface area contributed by atoms with Gasteiger partial charge in [-0.1, -0.05) is 41.6 Å². The Balaban J connectivity index is 1.93. The van der Waals surface area contributed by atoms with Gasteiger partial charge in [-0.15, -0.1) is 10.2 Å². The summed E-state index contributed by atoms with van der Waals surface area (Å²) in [4.78, 5) is 0. The number of aliphatic hydroxyl groups excluding tert-OH is 4. The molecule has 0 radical (unpaired) electrons. The predicted molar refractivity (Wildman–Crippen MR) is 87.9 cm³/mol. The van der Waals surface area contributed by atoms with Crippen LogP contribution in [0.5, 0.6) is 0 Å². The van der Waals surface area contributed by atoms with E-state index in [4.69, 9.17) is 5.11 Å². The molecule has 0 amide bonds. The summed E-state index contributed by atoms with van der Waals surface area (Å²) < 4.78 is 1.36. The summed E-state index contributed by atoms with van der Waals surface area (Å²) in [7, 11) is 0. The highest BCUT2D eigenvalue weighted by atomic mass is 32.2. The van der Waals surface area contributed by atoms with Crippen molar-refractivity contribution in [1.29, 1.82) is 0 Å². The number of hydrogen-bond donors (Lipinski definition) is 4. The van der Waals surface area contributed by atoms with Crippen LogP contribution in [0.4, 0.5) is 0 Å². The largest absolute Gasteiger partial charge is 0.394 e. The van der Waals surface area contributed by atoms with Gasteiger partial charge in [0.05, 0.1) is 12.3 Å². The monoisotopic (exact) mass is 350 g/mol. The van der Waals surface area contributed by atoms with Gasteiger partial charge >= 0.3 is 0 Å². The molecule has 128 valence electrons. The van der Waals surface area contributed by atoms with Crippen molar-refractivity contribution in [1.82, 2.24) is 14.9 Å². The zero-order valence-electron chi connectivity index (χ0n) is 12.9. The van der Waals surface area contributed by atoms with Crippen LogP contribution < -0.4 is 0 Å². The Bertz CT molecular complexity index is 746. The SMILES string of the molecule is Cc1ccc(C2=Nn3c(nnc3[C@H](O)[C@H](O)[C@H](O)CO)SC2)cc1. The van der Waals surface area contributed by atoms with Gasteiger partial charge < -0.3 is 20.4 Å². The van der Waals surface area contributed by atoms with E-state index in [9.17, 15) is 15.3 Å². The van der Waals surface area contributed by atoms with Gasteiger partial charge in [0.1, 0.15) is 18.3 Å². The minimum absolute atomic E-state index is 0.0156. The number of aryl methyl sites for hydroxylation is 1. The predicted octanol–water partition coefficient (Wildman–Crippen LogP) is -0.308. The molecule has 3 atom stereocenters. The first-order chi connectivity index (χ1) is 11.5. The molecular weight excluding hydrogens is 332 g/mol. The molecule has 0 unspecified atom stereocenters. The third-order valence-electron chi connectivity index (χ3n) is 3.75. The Morgan fingerprint density at radius 2 is 1.88 bits per heavy atom. The van der Waals surface area contributed by atoms with E-state index in [0.29, 0.717) is 10.9 Å². The van der Waals surface area contributed by atoms with Gasteiger partial charge in [-0.05, 0) is 12.5 Å². The highest BCUT2D eigenvalue weighted by Gasteiger charge is 2.32. The molecule has 2 aromatic rings. The normalized spacial score (nSPS) is 17.8. The molecule has 4 N–H and O–H groups in total. The second kappa shape index (κ2) is 6.99. The lowest BCUT2D eigenvalue weighted by atomic mass is 10.1. The molecule has 0 fully saturated rings. The second-order valence-corrected chi connectivity index (χ2v) is 6.48. The van der Waals surface area contributed by atoms with Gasteiger partial charge in [0, 0.05) is 5.75 Å². The van der Waals surface area contributed by atoms with E-state index in [1.807, 2.05) is 31.2 Å². The zero-order chi connectivity index (χ0) is 17.3. The van der Waals surface area contributed by atoms with E-state index in [-0.39, 0.29) is 5.82 Å². The lowest BCUT2D eigenvalue weighted by Crippen LogP contribution is -2.36. The maximum absolute atomic E-state index is 10.2. The fourth-order valence-corrected chi connectivity index (χ4v) is 3.13. The molecule has 8 nitrogen and oxygen atoms in total. The average molecular weight is 350 g/mol. The molecule has 0 bridgehead atoms. The number of fused-ring (bicyclic) bond motifs is 1. The molecule has 1 aliphatic heterocycles. The van der Waals surface area contributed by atoms with E-state index in [2.05, 4.69) is 15.3 Å². The van der Waals surface area contributed by atoms with E-state index < -0.39 is 24.9 Å². The van der Waals surface area contributed by atoms with Gasteiger partial charge in [0.2, 0.25) is 5.16 Å². The summed E-state index contributed by atoms with van der Waals surface area (Å²) in [6, 6.07) is 7.90. The topological polar surface area (TPSA) is 124 Å². The van der Waals surface area contributed by atoms with Crippen molar-refractivity contribution in [2.75, 3.05) is 12.4 Å². The maximum atomic E-state index is 10.2. The molecule has 0 aliphatic carbocycles. The van der Waals surface area contributed by atoms with Crippen LogP contribution in [-0.2, 0) is 0 Å². The molecule has 1 aromatic heterocycles. The lowest BCUT2D eigenvalue weighted by Gasteiger charge is -2.21. The summed E-state index contributed by atoms with van der Waals surface area (Å²) in [5.74, 6) is 0.626. The van der Waals surface area contributed by atoms with Crippen LogP contribution in [-0.4, -0.2) is 65.6 Å². The highest BCUT2D eigenvalue weighted by molar-refractivity contribution is 7.99. The number of nitrogens with zero attached hydrogens (tertiary/aromatic N) is 4. The Kier molecular flexibility index (Phi) is 4.97. The smallest absolute Gasteiger partial charge is 0.212 e. The second-order valence-electron chi connectivity index (χ2n) is 5.54. The Labute approximate surface area is 142 Å². The quantitative estimate of drug-likeness (QED) is 0.583. The van der Waals surface area contributed by atoms with E-state index in [1.54, 1.807) is 0 Å². The van der Waals surface area contributed by atoms with Crippen LogP contribution in [0.3, 0.4) is 0 Å². The van der Waals surface area contributed by atoms with Gasteiger partial charge in [0.25, 0.3) is 0 Å². The van der Waals surface area contributed by atoms with Crippen LogP contribution in [0.1, 0.15) is 23.1 Å². The first-order valence-electron chi connectivity index (χ1n) is 7.39. The molecule has 0 saturated carbocycles. The molecule has 1 aliphatic rings. The third-order valence-corrected chi connectivity index (χ3v) is 4.68. The number of thioether (sulfide) groups is 1. The third kappa shape index (κ3) is 3.21. The van der Waals surface area contributed by atoms with Crippen LogP contribution in [0, 0.1) is 6.92 Å². The van der Waals surface area contributed by atoms with Gasteiger partial charge in [-0.2, -0.15) is 9.78 Å². The first-order valence-corrected chi connectivity index (χ1v) is 8.38. The fraction of sp³-hybridized carbons (Fsp3) is 0.400. The van der Waals surface area contributed by atoms with E-state index in [1.165, 1.54) is 16.4 Å². The molecule has 3 rings (SSSR count). The van der Waals surface area contributed by atoms with Crippen molar-refractivity contribution in [2.24, 2.45) is 5.10 Å². The van der Waals surface area contributed by atoms with Crippen LogP contribution in [0.2, 0.25) is 0 Å². The number of aliphatic hydroxyl groups is 4. The summed E-state index contributed by atoms with van der Waals surface area (Å²) in [6.07, 6.45) is -4.59. The number of rotatable bonds is 5. The molecule has 2 heterocycles. The van der Waals surface area contributed by atoms with Gasteiger partial charge in [-0.3, -0.25) is 0 Å². The molecular formula is C15H18N4O4S. The van der Waals surface area contributed by atoms with Gasteiger partial charge in [-0.25, -0.2) is 0 Å². The van der Waals surface area contributed by atoms with Crippen LogP contribution in [0.25, 0.3) is 0 Å². The van der Waals surface area contributed by atoms with Crippen LogP contribution >= 0.6 is 11.8 Å². The summed E-state index contributed by atoms with van der Waals surface area (Å²) in [6.45, 7) is 1.33. The van der Waals surface area contributed by atoms with Crippen molar-refractivity contribution >= 4 is 17.5 Å². The van der Waals surface area contributed by atoms with Crippen LogP contribution in [0.15, 0.2) is 34.5 Å². The van der Waals surface area contributed by atoms with Crippen molar-refractivity contribution in [3.8, 4) is 0 Å². The molecule has 24 heavy (non-hydrogen) atoms. The summed E-state index contributed by atoms with van der Waals surface area (Å²) in [5.41, 5.74) is 2.88. The average Bonchev–Trinajstić information content (AvgIpc) is 3.03. The van der Waals surface area contributed by atoms with E-state index in [0.717, 1.165) is 16.8 Å². The Morgan fingerprint density at radius 1 is 1.17 bits per heavy atom. The van der Waals surface area contributed by atoms with Crippen molar-refractivity contribution in [2.45, 2.75) is 30.4 Å². The molecule has 9 heteroatoms. The fourth-order valence-electron chi connectivity index (χ4n) is 2.29. The number of aromatic nitrogens is 3. The lowest BCUT2D eigenvalue weighted by molar-refractivity contribution is -0.0813. The Hall–Kier alpha value is -1.78. The Morgan fingerprint density at radius 3 is 2.54 bits per heavy atom. The molecule has 1 aromatic carbocycles. The summed E-state index contributed by atoms with van der Waals surface area (Å²) in [5, 5.41) is 51.2. The van der Waals surface area contributed by atoms with Crippen molar-refractivity contribution in [3.05, 3.63) is 41.2 Å². The van der Waals surface area contributed by atoms with E-state index >= 15 is 0 Å². The summed E-state index contributed by atoms with van der Waals surface area (Å²) >= 11 is 1.41. The minimum Gasteiger partial charge on any atom is -0.394 e. The zero-order valence-corrected chi connectivity index (χ0v) is 13.8. The molecule has 0 saturated heterocycles. The highest BCUT2D eigenvalue weighted by Crippen LogP contribution is 2.27. The van der Waals surface area contributed by atoms with Crippen molar-refractivity contribution < 1.29 is 20.4 Å². The number of hydrogen-bond acceptors (Lipinski definition) is 8. The van der Waals surface area contributed by atoms with Gasteiger partial charge in [0.15, 0.2) is 5.82 Å².